The van der Waals surface area contributed by atoms with Crippen LogP contribution >= 0.6 is 11.3 Å². The third-order valence-corrected chi connectivity index (χ3v) is 2.57. The highest BCUT2D eigenvalue weighted by Gasteiger charge is 2.19. The Labute approximate surface area is 77.2 Å². The first-order valence-electron chi connectivity index (χ1n) is 4.03. The molecule has 0 aliphatic carbocycles. The average molecular weight is 185 g/mol. The fourth-order valence-electron chi connectivity index (χ4n) is 1.23. The second-order valence-corrected chi connectivity index (χ2v) is 4.32. The third kappa shape index (κ3) is 2.93. The third-order valence-electron chi connectivity index (χ3n) is 1.69. The minimum Gasteiger partial charge on any atom is -0.388 e. The molecule has 0 aliphatic heterocycles. The monoisotopic (exact) mass is 185 g/mol. The van der Waals surface area contributed by atoms with Gasteiger partial charge in [0.2, 0.25) is 0 Å². The van der Waals surface area contributed by atoms with Crippen molar-refractivity contribution in [3.63, 3.8) is 0 Å². The van der Waals surface area contributed by atoms with Crippen LogP contribution < -0.4 is 5.32 Å². The van der Waals surface area contributed by atoms with Crippen LogP contribution in [0.1, 0.15) is 11.8 Å². The molecule has 1 atom stereocenters. The van der Waals surface area contributed by atoms with Gasteiger partial charge in [-0.3, -0.25) is 0 Å². The summed E-state index contributed by atoms with van der Waals surface area (Å²) in [6, 6.07) is 4.06. The van der Waals surface area contributed by atoms with Crippen LogP contribution in [0.2, 0.25) is 0 Å². The summed E-state index contributed by atoms with van der Waals surface area (Å²) in [5.74, 6) is 0. The predicted octanol–water partition coefficient (Wildman–Crippen LogP) is 1.26. The molecule has 0 aliphatic rings. The van der Waals surface area contributed by atoms with Crippen LogP contribution in [0.5, 0.6) is 0 Å². The van der Waals surface area contributed by atoms with Crippen LogP contribution in [0.4, 0.5) is 0 Å². The van der Waals surface area contributed by atoms with E-state index in [1.54, 1.807) is 11.3 Å². The van der Waals surface area contributed by atoms with E-state index >= 15 is 0 Å². The number of aliphatic hydroxyl groups is 1. The molecule has 3 heteroatoms. The minimum absolute atomic E-state index is 0.625. The number of thiophene rings is 1. The zero-order valence-electron chi connectivity index (χ0n) is 7.50. The Morgan fingerprint density at radius 2 is 2.42 bits per heavy atom. The molecule has 1 unspecified atom stereocenters. The van der Waals surface area contributed by atoms with Crippen LogP contribution in [-0.4, -0.2) is 24.3 Å². The topological polar surface area (TPSA) is 32.3 Å². The van der Waals surface area contributed by atoms with Crippen molar-refractivity contribution >= 4 is 11.3 Å². The van der Waals surface area contributed by atoms with E-state index in [0.29, 0.717) is 6.54 Å². The molecule has 0 fully saturated rings. The van der Waals surface area contributed by atoms with Gasteiger partial charge in [0, 0.05) is 17.8 Å². The summed E-state index contributed by atoms with van der Waals surface area (Å²) in [7, 11) is 1.85. The molecule has 0 bridgehead atoms. The predicted molar refractivity (Wildman–Crippen MR) is 52.6 cm³/mol. The smallest absolute Gasteiger partial charge is 0.0791 e. The van der Waals surface area contributed by atoms with Crippen LogP contribution in [-0.2, 0) is 6.42 Å². The lowest BCUT2D eigenvalue weighted by Crippen LogP contribution is -2.37. The summed E-state index contributed by atoms with van der Waals surface area (Å²) in [6.45, 7) is 2.48. The second kappa shape index (κ2) is 4.03. The quantitative estimate of drug-likeness (QED) is 0.740. The van der Waals surface area contributed by atoms with Gasteiger partial charge < -0.3 is 10.4 Å². The average Bonchev–Trinajstić information content (AvgIpc) is 2.38. The zero-order valence-corrected chi connectivity index (χ0v) is 8.32. The van der Waals surface area contributed by atoms with E-state index in [2.05, 4.69) is 11.4 Å². The summed E-state index contributed by atoms with van der Waals surface area (Å²) < 4.78 is 0. The minimum atomic E-state index is -0.625. The molecule has 0 saturated carbocycles. The van der Waals surface area contributed by atoms with Crippen molar-refractivity contribution < 1.29 is 5.11 Å². The van der Waals surface area contributed by atoms with E-state index < -0.39 is 5.60 Å². The van der Waals surface area contributed by atoms with Gasteiger partial charge in [-0.1, -0.05) is 6.07 Å². The van der Waals surface area contributed by atoms with Gasteiger partial charge in [-0.15, -0.1) is 11.3 Å². The van der Waals surface area contributed by atoms with Crippen molar-refractivity contribution in [2.45, 2.75) is 18.9 Å². The first kappa shape index (κ1) is 9.71. The molecule has 68 valence electrons. The zero-order chi connectivity index (χ0) is 9.03. The lowest BCUT2D eigenvalue weighted by molar-refractivity contribution is 0.0631. The molecule has 0 spiro atoms. The summed E-state index contributed by atoms with van der Waals surface area (Å²) in [5, 5.41) is 14.8. The second-order valence-electron chi connectivity index (χ2n) is 3.28. The van der Waals surface area contributed by atoms with E-state index in [4.69, 9.17) is 0 Å². The van der Waals surface area contributed by atoms with Gasteiger partial charge in [-0.05, 0) is 25.4 Å². The lowest BCUT2D eigenvalue weighted by atomic mass is 10.0. The van der Waals surface area contributed by atoms with Crippen molar-refractivity contribution in [1.82, 2.24) is 5.32 Å². The normalized spacial score (nSPS) is 15.9. The van der Waals surface area contributed by atoms with Crippen molar-refractivity contribution in [1.29, 1.82) is 0 Å². The van der Waals surface area contributed by atoms with Gasteiger partial charge in [0.1, 0.15) is 0 Å². The molecule has 0 radical (unpaired) electrons. The van der Waals surface area contributed by atoms with E-state index in [9.17, 15) is 5.11 Å². The van der Waals surface area contributed by atoms with E-state index in [1.165, 1.54) is 4.88 Å². The largest absolute Gasteiger partial charge is 0.388 e. The molecular formula is C9H15NOS. The van der Waals surface area contributed by atoms with Crippen LogP contribution in [0.15, 0.2) is 17.5 Å². The van der Waals surface area contributed by atoms with Crippen LogP contribution in [0.3, 0.4) is 0 Å². The number of hydrogen-bond donors (Lipinski definition) is 2. The van der Waals surface area contributed by atoms with Crippen molar-refractivity contribution in [2.75, 3.05) is 13.6 Å². The molecule has 0 saturated heterocycles. The highest BCUT2D eigenvalue weighted by atomic mass is 32.1. The van der Waals surface area contributed by atoms with E-state index in [-0.39, 0.29) is 0 Å². The van der Waals surface area contributed by atoms with Gasteiger partial charge in [-0.2, -0.15) is 0 Å². The number of nitrogens with one attached hydrogen (secondary N) is 1. The summed E-state index contributed by atoms with van der Waals surface area (Å²) in [4.78, 5) is 1.23. The highest BCUT2D eigenvalue weighted by molar-refractivity contribution is 7.09. The Balaban J connectivity index is 2.50. The van der Waals surface area contributed by atoms with Gasteiger partial charge in [-0.25, -0.2) is 0 Å². The van der Waals surface area contributed by atoms with Crippen molar-refractivity contribution in [3.05, 3.63) is 22.4 Å². The molecule has 1 aromatic rings. The first-order valence-corrected chi connectivity index (χ1v) is 4.91. The Morgan fingerprint density at radius 3 is 2.92 bits per heavy atom. The molecule has 1 aromatic heterocycles. The lowest BCUT2D eigenvalue weighted by Gasteiger charge is -2.21. The maximum absolute atomic E-state index is 9.83. The van der Waals surface area contributed by atoms with E-state index in [1.807, 2.05) is 25.4 Å². The number of hydrogen-bond acceptors (Lipinski definition) is 3. The Morgan fingerprint density at radius 1 is 1.67 bits per heavy atom. The molecular weight excluding hydrogens is 170 g/mol. The Kier molecular flexibility index (Phi) is 3.26. The van der Waals surface area contributed by atoms with Crippen molar-refractivity contribution in [3.8, 4) is 0 Å². The molecule has 1 rings (SSSR count). The standard InChI is InChI=1S/C9H15NOS/c1-9(11,7-10-2)6-8-4-3-5-12-8/h3-5,10-11H,6-7H2,1-2H3. The molecule has 0 aromatic carbocycles. The van der Waals surface area contributed by atoms with Gasteiger partial charge in [0.25, 0.3) is 0 Å². The van der Waals surface area contributed by atoms with Crippen molar-refractivity contribution in [2.24, 2.45) is 0 Å². The SMILES string of the molecule is CNCC(C)(O)Cc1cccs1. The van der Waals surface area contributed by atoms with Crippen LogP contribution in [0, 0.1) is 0 Å². The summed E-state index contributed by atoms with van der Waals surface area (Å²) >= 11 is 1.69. The summed E-state index contributed by atoms with van der Waals surface area (Å²) in [6.07, 6.45) is 0.728. The fourth-order valence-corrected chi connectivity index (χ4v) is 2.12. The van der Waals surface area contributed by atoms with Gasteiger partial charge in [0.15, 0.2) is 0 Å². The number of rotatable bonds is 4. The van der Waals surface area contributed by atoms with Crippen LogP contribution in [0.25, 0.3) is 0 Å². The Bertz CT molecular complexity index is 218. The maximum Gasteiger partial charge on any atom is 0.0791 e. The van der Waals surface area contributed by atoms with Gasteiger partial charge in [0.05, 0.1) is 5.60 Å². The van der Waals surface area contributed by atoms with E-state index in [0.717, 1.165) is 6.42 Å². The molecule has 2 N–H and O–H groups in total. The first-order chi connectivity index (χ1) is 5.64. The maximum atomic E-state index is 9.83. The fraction of sp³-hybridized carbons (Fsp3) is 0.556. The Hall–Kier alpha value is -0.380. The molecule has 12 heavy (non-hydrogen) atoms. The van der Waals surface area contributed by atoms with Gasteiger partial charge >= 0.3 is 0 Å². The molecule has 1 heterocycles. The molecule has 0 amide bonds. The summed E-state index contributed by atoms with van der Waals surface area (Å²) in [5.41, 5.74) is -0.625. The molecule has 2 nitrogen and oxygen atoms in total. The highest BCUT2D eigenvalue weighted by Crippen LogP contribution is 2.16. The number of likely N-dealkylation sites (N-methyl/N-ethyl adjacent to an activating group) is 1.